The average Bonchev–Trinajstić information content (AvgIpc) is 3.31. The van der Waals surface area contributed by atoms with Gasteiger partial charge in [-0.05, 0) is 29.2 Å². The fraction of sp³-hybridized carbons (Fsp3) is 0.222. The van der Waals surface area contributed by atoms with Crippen molar-refractivity contribution in [2.24, 2.45) is 0 Å². The van der Waals surface area contributed by atoms with Crippen LogP contribution in [0.5, 0.6) is 0 Å². The van der Waals surface area contributed by atoms with E-state index in [1.165, 1.54) is 11.3 Å². The Hall–Kier alpha value is -4.31. The molecule has 0 fully saturated rings. The second kappa shape index (κ2) is 9.62. The maximum Gasteiger partial charge on any atom is 0.287 e. The third-order valence-electron chi connectivity index (χ3n) is 6.44. The Balaban J connectivity index is 0.00000137. The summed E-state index contributed by atoms with van der Waals surface area (Å²) in [6, 6.07) is 13.5. The summed E-state index contributed by atoms with van der Waals surface area (Å²) in [5.74, 6) is -0.508. The third-order valence-corrected chi connectivity index (χ3v) is 7.50. The van der Waals surface area contributed by atoms with Gasteiger partial charge < -0.3 is 20.9 Å². The number of thiophene rings is 1. The van der Waals surface area contributed by atoms with Crippen LogP contribution < -0.4 is 32.4 Å². The molecule has 37 heavy (non-hydrogen) atoms. The third kappa shape index (κ3) is 4.19. The molecule has 188 valence electrons. The van der Waals surface area contributed by atoms with Crippen LogP contribution in [0.15, 0.2) is 56.8 Å². The predicted molar refractivity (Wildman–Crippen MR) is 147 cm³/mol. The van der Waals surface area contributed by atoms with Crippen LogP contribution in [0.25, 0.3) is 20.3 Å². The lowest BCUT2D eigenvalue weighted by Gasteiger charge is -2.32. The summed E-state index contributed by atoms with van der Waals surface area (Å²) in [6.07, 6.45) is 0.723. The highest BCUT2D eigenvalue weighted by Gasteiger charge is 2.27. The van der Waals surface area contributed by atoms with Crippen molar-refractivity contribution in [1.29, 1.82) is 0 Å². The van der Waals surface area contributed by atoms with Crippen LogP contribution in [0.3, 0.4) is 0 Å². The van der Waals surface area contributed by atoms with E-state index in [1.807, 2.05) is 61.2 Å². The maximum absolute atomic E-state index is 12.8. The Kier molecular flexibility index (Phi) is 6.34. The van der Waals surface area contributed by atoms with Gasteiger partial charge in [0.05, 0.1) is 5.39 Å². The molecule has 0 bridgehead atoms. The summed E-state index contributed by atoms with van der Waals surface area (Å²) >= 11 is 1.37. The highest BCUT2D eigenvalue weighted by molar-refractivity contribution is 7.25. The number of H-pyrrole nitrogens is 1. The first-order valence-corrected chi connectivity index (χ1v) is 12.9. The lowest BCUT2D eigenvalue weighted by atomic mass is 9.96. The summed E-state index contributed by atoms with van der Waals surface area (Å²) in [5, 5.41) is 4.13. The van der Waals surface area contributed by atoms with Gasteiger partial charge in [-0.15, -0.1) is 11.3 Å². The Morgan fingerprint density at radius 1 is 1.11 bits per heavy atom. The topological polar surface area (TPSA) is 138 Å². The first kappa shape index (κ1) is 24.4. The minimum atomic E-state index is -0.622. The molecule has 10 heteroatoms. The molecule has 0 spiro atoms. The number of aromatic amines is 1. The Morgan fingerprint density at radius 2 is 1.89 bits per heavy atom. The molecule has 6 rings (SSSR count). The highest BCUT2D eigenvalue weighted by Crippen LogP contribution is 2.30. The lowest BCUT2D eigenvalue weighted by Crippen LogP contribution is -2.44. The van der Waals surface area contributed by atoms with Gasteiger partial charge in [-0.25, -0.2) is 4.98 Å². The molecule has 9 nitrogen and oxygen atoms in total. The number of carbonyl (C=O) groups excluding carboxylic acids is 1. The zero-order valence-corrected chi connectivity index (χ0v) is 21.2. The predicted octanol–water partition coefficient (Wildman–Crippen LogP) is 2.83. The minimum Gasteiger partial charge on any atom is -0.394 e. The Bertz CT molecular complexity index is 1800. The molecule has 4 N–H and O–H groups in total. The van der Waals surface area contributed by atoms with Gasteiger partial charge in [0.2, 0.25) is 5.82 Å². The van der Waals surface area contributed by atoms with Crippen LogP contribution in [-0.2, 0) is 19.5 Å². The molecule has 0 saturated heterocycles. The van der Waals surface area contributed by atoms with E-state index in [4.69, 9.17) is 5.73 Å². The fourth-order valence-corrected chi connectivity index (χ4v) is 5.70. The molecule has 3 heterocycles. The van der Waals surface area contributed by atoms with Gasteiger partial charge in [0.1, 0.15) is 16.2 Å². The van der Waals surface area contributed by atoms with E-state index in [2.05, 4.69) is 15.3 Å². The Labute approximate surface area is 215 Å². The summed E-state index contributed by atoms with van der Waals surface area (Å²) in [5.41, 5.74) is 7.57. The van der Waals surface area contributed by atoms with Crippen molar-refractivity contribution in [1.82, 2.24) is 15.3 Å². The number of nitrogens with two attached hydrogens (primary N) is 1. The van der Waals surface area contributed by atoms with Crippen molar-refractivity contribution in [3.05, 3.63) is 95.8 Å². The number of carbonyl (C=O) groups is 1. The number of amides is 1. The zero-order valence-electron chi connectivity index (χ0n) is 20.4. The first-order chi connectivity index (χ1) is 17.9. The van der Waals surface area contributed by atoms with Crippen molar-refractivity contribution >= 4 is 48.9 Å². The van der Waals surface area contributed by atoms with Crippen LogP contribution in [0, 0.1) is 0 Å². The number of hydrogen-bond donors (Lipinski definition) is 3. The van der Waals surface area contributed by atoms with Gasteiger partial charge in [-0.3, -0.25) is 19.2 Å². The molecule has 5 aromatic rings. The minimum absolute atomic E-state index is 0.0268. The molecule has 3 aromatic carbocycles. The number of nitrogen functional groups attached to an aromatic ring is 1. The number of rotatable bonds is 4. The summed E-state index contributed by atoms with van der Waals surface area (Å²) in [4.78, 5) is 58.2. The van der Waals surface area contributed by atoms with Gasteiger partial charge >= 0.3 is 0 Å². The second-order valence-electron chi connectivity index (χ2n) is 8.57. The van der Waals surface area contributed by atoms with Gasteiger partial charge in [0.15, 0.2) is 0 Å². The SMILES string of the molecule is CC.Nc1c(N2CCc3ccc(CNC(=O)c4nc5sc6ccccc6c5c(=O)[nH]4)cc3C2)c(=O)c1=O. The van der Waals surface area contributed by atoms with Crippen LogP contribution in [0.2, 0.25) is 0 Å². The summed E-state index contributed by atoms with van der Waals surface area (Å²) in [7, 11) is 0. The summed E-state index contributed by atoms with van der Waals surface area (Å²) < 4.78 is 0.937. The van der Waals surface area contributed by atoms with E-state index in [0.29, 0.717) is 29.0 Å². The van der Waals surface area contributed by atoms with E-state index in [0.717, 1.165) is 33.2 Å². The first-order valence-electron chi connectivity index (χ1n) is 12.0. The quantitative estimate of drug-likeness (QED) is 0.313. The average molecular weight is 516 g/mol. The van der Waals surface area contributed by atoms with Gasteiger partial charge in [0.25, 0.3) is 22.3 Å². The molecular weight excluding hydrogens is 490 g/mol. The number of nitrogens with one attached hydrogen (secondary N) is 2. The monoisotopic (exact) mass is 515 g/mol. The van der Waals surface area contributed by atoms with E-state index in [-0.39, 0.29) is 23.6 Å². The van der Waals surface area contributed by atoms with E-state index in [9.17, 15) is 19.2 Å². The molecule has 0 atom stereocenters. The molecule has 1 amide bonds. The number of aromatic nitrogens is 2. The number of fused-ring (bicyclic) bond motifs is 4. The Morgan fingerprint density at radius 3 is 2.68 bits per heavy atom. The molecule has 0 aliphatic carbocycles. The van der Waals surface area contributed by atoms with Gasteiger partial charge in [-0.2, -0.15) is 0 Å². The van der Waals surface area contributed by atoms with E-state index < -0.39 is 16.8 Å². The lowest BCUT2D eigenvalue weighted by molar-refractivity contribution is 0.0940. The van der Waals surface area contributed by atoms with Crippen molar-refractivity contribution in [2.45, 2.75) is 33.4 Å². The molecular formula is C27H25N5O4S. The molecule has 0 radical (unpaired) electrons. The van der Waals surface area contributed by atoms with Crippen LogP contribution in [0.4, 0.5) is 11.4 Å². The largest absolute Gasteiger partial charge is 0.394 e. The van der Waals surface area contributed by atoms with Gasteiger partial charge in [0, 0.05) is 29.7 Å². The standard InChI is InChI=1S/C25H19N5O4S.C2H6/c26-18-19(21(32)20(18)31)30-8-7-13-6-5-12(9-14(13)11-30)10-27-24(34)22-28-23(33)17-15-3-1-2-4-16(15)35-25(17)29-22;1-2/h1-6,9H,7-8,10-11,26H2,(H,27,34)(H,28,29,33);1-2H3. The molecule has 2 aromatic heterocycles. The van der Waals surface area contributed by atoms with E-state index in [1.54, 1.807) is 0 Å². The van der Waals surface area contributed by atoms with Crippen molar-refractivity contribution in [2.75, 3.05) is 17.2 Å². The zero-order chi connectivity index (χ0) is 26.3. The summed E-state index contributed by atoms with van der Waals surface area (Å²) in [6.45, 7) is 5.31. The van der Waals surface area contributed by atoms with Crippen LogP contribution >= 0.6 is 11.3 Å². The molecule has 0 saturated carbocycles. The fourth-order valence-electron chi connectivity index (χ4n) is 4.63. The number of anilines is 2. The number of hydrogen-bond acceptors (Lipinski definition) is 8. The number of nitrogens with zero attached hydrogens (tertiary/aromatic N) is 2. The van der Waals surface area contributed by atoms with Crippen molar-refractivity contribution in [3.63, 3.8) is 0 Å². The molecule has 0 unspecified atom stereocenters. The van der Waals surface area contributed by atoms with E-state index >= 15 is 0 Å². The molecule has 1 aliphatic rings. The highest BCUT2D eigenvalue weighted by atomic mass is 32.1. The van der Waals surface area contributed by atoms with Gasteiger partial charge in [-0.1, -0.05) is 50.2 Å². The van der Waals surface area contributed by atoms with Crippen molar-refractivity contribution < 1.29 is 4.79 Å². The van der Waals surface area contributed by atoms with Crippen molar-refractivity contribution in [3.8, 4) is 0 Å². The normalized spacial score (nSPS) is 12.9. The van der Waals surface area contributed by atoms with Crippen LogP contribution in [0.1, 0.15) is 41.2 Å². The molecule has 1 aliphatic heterocycles. The second-order valence-corrected chi connectivity index (χ2v) is 9.60. The van der Waals surface area contributed by atoms with Crippen LogP contribution in [-0.4, -0.2) is 22.4 Å². The number of benzene rings is 2. The maximum atomic E-state index is 12.8. The smallest absolute Gasteiger partial charge is 0.287 e.